The Bertz CT molecular complexity index is 337. The molecule has 0 saturated carbocycles. The van der Waals surface area contributed by atoms with Crippen LogP contribution in [0.2, 0.25) is 5.02 Å². The Hall–Kier alpha value is -0.520. The fourth-order valence-electron chi connectivity index (χ4n) is 1.36. The van der Waals surface area contributed by atoms with Crippen LogP contribution in [0.4, 0.5) is 0 Å². The maximum Gasteiger partial charge on any atom is 0.218 e. The summed E-state index contributed by atoms with van der Waals surface area (Å²) in [4.78, 5) is 7.90. The van der Waals surface area contributed by atoms with E-state index in [9.17, 15) is 4.21 Å². The molecule has 2 atom stereocenters. The highest BCUT2D eigenvalue weighted by Crippen LogP contribution is 2.13. The molecule has 1 aliphatic heterocycles. The van der Waals surface area contributed by atoms with Gasteiger partial charge in [0.25, 0.3) is 0 Å². The van der Waals surface area contributed by atoms with E-state index in [1.165, 1.54) is 12.4 Å². The van der Waals surface area contributed by atoms with Crippen molar-refractivity contribution in [3.05, 3.63) is 17.4 Å². The molecule has 0 amide bonds. The molecule has 2 rings (SSSR count). The van der Waals surface area contributed by atoms with Crippen molar-refractivity contribution in [1.82, 2.24) is 15.3 Å². The van der Waals surface area contributed by atoms with E-state index in [1.807, 2.05) is 0 Å². The Labute approximate surface area is 89.6 Å². The highest BCUT2D eigenvalue weighted by Gasteiger charge is 2.23. The van der Waals surface area contributed by atoms with E-state index in [0.717, 1.165) is 19.5 Å². The number of halogens is 1. The maximum atomic E-state index is 11.9. The largest absolute Gasteiger partial charge is 0.315 e. The summed E-state index contributed by atoms with van der Waals surface area (Å²) >= 11 is 5.64. The van der Waals surface area contributed by atoms with Crippen LogP contribution < -0.4 is 5.32 Å². The van der Waals surface area contributed by atoms with Gasteiger partial charge in [0.05, 0.1) is 33.5 Å². The molecular formula is C8H10ClN3OS. The molecule has 0 aromatic carbocycles. The Morgan fingerprint density at radius 3 is 2.79 bits per heavy atom. The normalized spacial score (nSPS) is 23.6. The smallest absolute Gasteiger partial charge is 0.218 e. The number of aromatic nitrogens is 2. The van der Waals surface area contributed by atoms with Crippen LogP contribution in [0.15, 0.2) is 17.6 Å². The second-order valence-electron chi connectivity index (χ2n) is 3.10. The van der Waals surface area contributed by atoms with Gasteiger partial charge in [0.1, 0.15) is 0 Å². The number of rotatable bonds is 2. The lowest BCUT2D eigenvalue weighted by Crippen LogP contribution is -2.20. The van der Waals surface area contributed by atoms with E-state index >= 15 is 0 Å². The predicted molar refractivity (Wildman–Crippen MR) is 54.7 cm³/mol. The second kappa shape index (κ2) is 4.33. The minimum absolute atomic E-state index is 0.135. The van der Waals surface area contributed by atoms with Gasteiger partial charge >= 0.3 is 0 Å². The topological polar surface area (TPSA) is 54.9 Å². The van der Waals surface area contributed by atoms with Crippen molar-refractivity contribution in [2.75, 3.05) is 13.1 Å². The quantitative estimate of drug-likeness (QED) is 0.758. The molecule has 0 unspecified atom stereocenters. The Kier molecular flexibility index (Phi) is 3.10. The van der Waals surface area contributed by atoms with Crippen molar-refractivity contribution in [2.24, 2.45) is 0 Å². The van der Waals surface area contributed by atoms with Gasteiger partial charge in [-0.1, -0.05) is 11.6 Å². The van der Waals surface area contributed by atoms with Crippen LogP contribution in [0, 0.1) is 0 Å². The molecule has 4 nitrogen and oxygen atoms in total. The number of nitrogens with zero attached hydrogens (tertiary/aromatic N) is 2. The van der Waals surface area contributed by atoms with Gasteiger partial charge in [-0.2, -0.15) is 0 Å². The second-order valence-corrected chi connectivity index (χ2v) is 5.16. The predicted octanol–water partition coefficient (Wildman–Crippen LogP) is 0.599. The third-order valence-electron chi connectivity index (χ3n) is 2.09. The van der Waals surface area contributed by atoms with Crippen molar-refractivity contribution >= 4 is 22.4 Å². The van der Waals surface area contributed by atoms with E-state index < -0.39 is 10.8 Å². The fraction of sp³-hybridized carbons (Fsp3) is 0.500. The van der Waals surface area contributed by atoms with Crippen LogP contribution in [0.25, 0.3) is 0 Å². The lowest BCUT2D eigenvalue weighted by atomic mass is 10.4. The van der Waals surface area contributed by atoms with Crippen LogP contribution in [-0.2, 0) is 10.8 Å². The highest BCUT2D eigenvalue weighted by atomic mass is 35.5. The summed E-state index contributed by atoms with van der Waals surface area (Å²) in [7, 11) is -1.11. The summed E-state index contributed by atoms with van der Waals surface area (Å²) in [6, 6.07) is 0. The summed E-state index contributed by atoms with van der Waals surface area (Å²) in [5.74, 6) is 0. The molecule has 1 saturated heterocycles. The molecule has 1 aliphatic rings. The summed E-state index contributed by atoms with van der Waals surface area (Å²) < 4.78 is 11.9. The molecule has 2 heterocycles. The van der Waals surface area contributed by atoms with Gasteiger partial charge in [-0.3, -0.25) is 4.21 Å². The zero-order valence-electron chi connectivity index (χ0n) is 7.44. The first kappa shape index (κ1) is 10.0. The molecule has 76 valence electrons. The van der Waals surface area contributed by atoms with E-state index in [-0.39, 0.29) is 5.25 Å². The SMILES string of the molecule is O=[S@@](c1ncc(Cl)cn1)[C@H]1CCNC1. The van der Waals surface area contributed by atoms with Gasteiger partial charge < -0.3 is 5.32 Å². The number of hydrogen-bond acceptors (Lipinski definition) is 4. The zero-order chi connectivity index (χ0) is 9.97. The van der Waals surface area contributed by atoms with Crippen LogP contribution in [0.3, 0.4) is 0 Å². The average molecular weight is 232 g/mol. The molecule has 0 aliphatic carbocycles. The average Bonchev–Trinajstić information content (AvgIpc) is 2.71. The minimum Gasteiger partial charge on any atom is -0.315 e. The molecule has 0 bridgehead atoms. The van der Waals surface area contributed by atoms with Gasteiger partial charge in [-0.05, 0) is 13.0 Å². The third kappa shape index (κ3) is 2.10. The summed E-state index contributed by atoms with van der Waals surface area (Å²) in [6.07, 6.45) is 3.87. The first-order valence-electron chi connectivity index (χ1n) is 4.36. The zero-order valence-corrected chi connectivity index (χ0v) is 9.01. The van der Waals surface area contributed by atoms with E-state index in [4.69, 9.17) is 11.6 Å². The molecule has 0 spiro atoms. The number of nitrogens with one attached hydrogen (secondary N) is 1. The maximum absolute atomic E-state index is 11.9. The van der Waals surface area contributed by atoms with Crippen molar-refractivity contribution in [3.8, 4) is 0 Å². The summed E-state index contributed by atoms with van der Waals surface area (Å²) in [5.41, 5.74) is 0. The van der Waals surface area contributed by atoms with Crippen LogP contribution in [-0.4, -0.2) is 32.5 Å². The van der Waals surface area contributed by atoms with E-state index in [2.05, 4.69) is 15.3 Å². The third-order valence-corrected chi connectivity index (χ3v) is 3.87. The van der Waals surface area contributed by atoms with Crippen LogP contribution in [0.5, 0.6) is 0 Å². The Balaban J connectivity index is 2.14. The molecule has 1 N–H and O–H groups in total. The van der Waals surface area contributed by atoms with Crippen molar-refractivity contribution in [2.45, 2.75) is 16.8 Å². The minimum atomic E-state index is -1.11. The highest BCUT2D eigenvalue weighted by molar-refractivity contribution is 7.85. The van der Waals surface area contributed by atoms with Gasteiger partial charge in [0.2, 0.25) is 5.16 Å². The van der Waals surface area contributed by atoms with E-state index in [1.54, 1.807) is 0 Å². The summed E-state index contributed by atoms with van der Waals surface area (Å²) in [6.45, 7) is 1.70. The van der Waals surface area contributed by atoms with Gasteiger partial charge in [-0.25, -0.2) is 9.97 Å². The van der Waals surface area contributed by atoms with Gasteiger partial charge in [0.15, 0.2) is 0 Å². The Morgan fingerprint density at radius 2 is 2.21 bits per heavy atom. The fourth-order valence-corrected chi connectivity index (χ4v) is 2.67. The van der Waals surface area contributed by atoms with E-state index in [0.29, 0.717) is 10.2 Å². The van der Waals surface area contributed by atoms with Gasteiger partial charge in [-0.15, -0.1) is 0 Å². The molecular weight excluding hydrogens is 222 g/mol. The lowest BCUT2D eigenvalue weighted by Gasteiger charge is -2.05. The summed E-state index contributed by atoms with van der Waals surface area (Å²) in [5, 5.41) is 4.14. The molecule has 1 fully saturated rings. The van der Waals surface area contributed by atoms with Crippen molar-refractivity contribution in [1.29, 1.82) is 0 Å². The lowest BCUT2D eigenvalue weighted by molar-refractivity contribution is 0.664. The monoisotopic (exact) mass is 231 g/mol. The van der Waals surface area contributed by atoms with Crippen LogP contribution >= 0.6 is 11.6 Å². The van der Waals surface area contributed by atoms with Crippen molar-refractivity contribution in [3.63, 3.8) is 0 Å². The molecule has 1 aromatic heterocycles. The molecule has 6 heteroatoms. The molecule has 14 heavy (non-hydrogen) atoms. The molecule has 1 aromatic rings. The molecule has 0 radical (unpaired) electrons. The first-order chi connectivity index (χ1) is 6.77. The van der Waals surface area contributed by atoms with Crippen LogP contribution in [0.1, 0.15) is 6.42 Å². The van der Waals surface area contributed by atoms with Gasteiger partial charge in [0, 0.05) is 6.54 Å². The first-order valence-corrected chi connectivity index (χ1v) is 5.95. The Morgan fingerprint density at radius 1 is 1.50 bits per heavy atom. The standard InChI is InChI=1S/C8H10ClN3OS/c9-6-3-11-8(12-4-6)14(13)7-1-2-10-5-7/h3-4,7,10H,1-2,5H2/t7-,14+/m0/s1. The van der Waals surface area contributed by atoms with Crippen molar-refractivity contribution < 1.29 is 4.21 Å². The number of hydrogen-bond donors (Lipinski definition) is 1.